The minimum absolute atomic E-state index is 0.0205. The number of halogens is 2. The second-order valence-corrected chi connectivity index (χ2v) is 5.27. The summed E-state index contributed by atoms with van der Waals surface area (Å²) in [6.07, 6.45) is 0. The molecule has 1 heterocycles. The number of amides is 1. The van der Waals surface area contributed by atoms with Gasteiger partial charge in [-0.25, -0.2) is 0 Å². The van der Waals surface area contributed by atoms with Crippen LogP contribution in [0.1, 0.15) is 17.3 Å². The standard InChI is InChI=1S/C15H20F2N2O3/c1-11-10-19(6-5-18(11)7-8-20)14(21)12-3-2-4-13(9-12)22-15(16)17/h2-4,9,11,15,20H,5-8,10H2,1H3. The third kappa shape index (κ3) is 4.14. The number of nitrogens with zero attached hydrogens (tertiary/aromatic N) is 2. The van der Waals surface area contributed by atoms with E-state index < -0.39 is 6.61 Å². The predicted octanol–water partition coefficient (Wildman–Crippen LogP) is 1.43. The fourth-order valence-electron chi connectivity index (χ4n) is 2.63. The number of hydrogen-bond donors (Lipinski definition) is 1. The van der Waals surface area contributed by atoms with Crippen molar-refractivity contribution in [2.75, 3.05) is 32.8 Å². The highest BCUT2D eigenvalue weighted by atomic mass is 19.3. The molecular formula is C15H20F2N2O3. The van der Waals surface area contributed by atoms with Crippen molar-refractivity contribution in [1.29, 1.82) is 0 Å². The molecule has 22 heavy (non-hydrogen) atoms. The Hall–Kier alpha value is -1.73. The summed E-state index contributed by atoms with van der Waals surface area (Å²) in [7, 11) is 0. The Kier molecular flexibility index (Phi) is 5.68. The van der Waals surface area contributed by atoms with E-state index in [2.05, 4.69) is 9.64 Å². The maximum Gasteiger partial charge on any atom is 0.387 e. The van der Waals surface area contributed by atoms with Gasteiger partial charge in [-0.05, 0) is 25.1 Å². The van der Waals surface area contributed by atoms with Gasteiger partial charge in [-0.3, -0.25) is 9.69 Å². The van der Waals surface area contributed by atoms with Crippen molar-refractivity contribution in [2.45, 2.75) is 19.6 Å². The third-order valence-corrected chi connectivity index (χ3v) is 3.75. The van der Waals surface area contributed by atoms with Crippen LogP contribution in [0.4, 0.5) is 8.78 Å². The van der Waals surface area contributed by atoms with Crippen molar-refractivity contribution in [2.24, 2.45) is 0 Å². The van der Waals surface area contributed by atoms with Gasteiger partial charge in [0.1, 0.15) is 5.75 Å². The minimum atomic E-state index is -2.91. The lowest BCUT2D eigenvalue weighted by Gasteiger charge is -2.39. The second kappa shape index (κ2) is 7.51. The van der Waals surface area contributed by atoms with Crippen LogP contribution in [-0.4, -0.2) is 66.3 Å². The first-order chi connectivity index (χ1) is 10.5. The zero-order valence-corrected chi connectivity index (χ0v) is 12.4. The van der Waals surface area contributed by atoms with Crippen molar-refractivity contribution in [3.63, 3.8) is 0 Å². The van der Waals surface area contributed by atoms with Crippen molar-refractivity contribution in [3.05, 3.63) is 29.8 Å². The largest absolute Gasteiger partial charge is 0.435 e. The Balaban J connectivity index is 2.03. The van der Waals surface area contributed by atoms with Crippen LogP contribution in [0.25, 0.3) is 0 Å². The van der Waals surface area contributed by atoms with E-state index in [4.69, 9.17) is 5.11 Å². The van der Waals surface area contributed by atoms with E-state index in [-0.39, 0.29) is 24.3 Å². The van der Waals surface area contributed by atoms with Crippen LogP contribution in [0.5, 0.6) is 5.75 Å². The first kappa shape index (κ1) is 16.6. The molecule has 0 aliphatic carbocycles. The fraction of sp³-hybridized carbons (Fsp3) is 0.533. The van der Waals surface area contributed by atoms with E-state index in [1.54, 1.807) is 11.0 Å². The highest BCUT2D eigenvalue weighted by molar-refractivity contribution is 5.94. The maximum absolute atomic E-state index is 12.5. The molecule has 1 aromatic carbocycles. The predicted molar refractivity (Wildman–Crippen MR) is 77.1 cm³/mol. The number of aliphatic hydroxyl groups excluding tert-OH is 1. The van der Waals surface area contributed by atoms with Gasteiger partial charge in [0.15, 0.2) is 0 Å². The van der Waals surface area contributed by atoms with Gasteiger partial charge < -0.3 is 14.7 Å². The van der Waals surface area contributed by atoms with Crippen molar-refractivity contribution in [1.82, 2.24) is 9.80 Å². The summed E-state index contributed by atoms with van der Waals surface area (Å²) in [6, 6.07) is 5.98. The fourth-order valence-corrected chi connectivity index (χ4v) is 2.63. The highest BCUT2D eigenvalue weighted by Crippen LogP contribution is 2.19. The molecule has 1 fully saturated rings. The molecule has 1 atom stereocenters. The molecule has 5 nitrogen and oxygen atoms in total. The van der Waals surface area contributed by atoms with Gasteiger partial charge in [0.25, 0.3) is 5.91 Å². The molecule has 1 unspecified atom stereocenters. The SMILES string of the molecule is CC1CN(C(=O)c2cccc(OC(F)F)c2)CCN1CCO. The average molecular weight is 314 g/mol. The van der Waals surface area contributed by atoms with Crippen molar-refractivity contribution >= 4 is 5.91 Å². The highest BCUT2D eigenvalue weighted by Gasteiger charge is 2.27. The number of hydrogen-bond acceptors (Lipinski definition) is 4. The molecule has 1 N–H and O–H groups in total. The zero-order valence-electron chi connectivity index (χ0n) is 12.4. The molecule has 1 aliphatic heterocycles. The molecule has 1 aromatic rings. The van der Waals surface area contributed by atoms with E-state index in [0.29, 0.717) is 31.7 Å². The minimum Gasteiger partial charge on any atom is -0.435 e. The molecule has 1 aliphatic rings. The van der Waals surface area contributed by atoms with Crippen LogP contribution in [0.3, 0.4) is 0 Å². The molecular weight excluding hydrogens is 294 g/mol. The molecule has 1 amide bonds. The van der Waals surface area contributed by atoms with Gasteiger partial charge in [-0.2, -0.15) is 8.78 Å². The number of rotatable bonds is 5. The zero-order chi connectivity index (χ0) is 16.1. The van der Waals surface area contributed by atoms with Crippen LogP contribution in [0, 0.1) is 0 Å². The number of carbonyl (C=O) groups excluding carboxylic acids is 1. The normalized spacial score (nSPS) is 19.5. The Morgan fingerprint density at radius 1 is 1.45 bits per heavy atom. The first-order valence-electron chi connectivity index (χ1n) is 7.20. The number of aliphatic hydroxyl groups is 1. The third-order valence-electron chi connectivity index (χ3n) is 3.75. The Labute approximate surface area is 128 Å². The maximum atomic E-state index is 12.5. The van der Waals surface area contributed by atoms with Crippen LogP contribution in [0.2, 0.25) is 0 Å². The van der Waals surface area contributed by atoms with Crippen molar-refractivity contribution < 1.29 is 23.4 Å². The summed E-state index contributed by atoms with van der Waals surface area (Å²) in [6.45, 7) is 1.52. The van der Waals surface area contributed by atoms with Gasteiger partial charge in [0.2, 0.25) is 0 Å². The lowest BCUT2D eigenvalue weighted by atomic mass is 10.1. The van der Waals surface area contributed by atoms with E-state index >= 15 is 0 Å². The van der Waals surface area contributed by atoms with Gasteiger partial charge in [-0.15, -0.1) is 0 Å². The molecule has 0 aromatic heterocycles. The number of ether oxygens (including phenoxy) is 1. The van der Waals surface area contributed by atoms with Gasteiger partial charge in [0.05, 0.1) is 6.61 Å². The summed E-state index contributed by atoms with van der Waals surface area (Å²) in [5, 5.41) is 8.99. The lowest BCUT2D eigenvalue weighted by Crippen LogP contribution is -2.54. The van der Waals surface area contributed by atoms with E-state index in [1.165, 1.54) is 18.2 Å². The monoisotopic (exact) mass is 314 g/mol. The summed E-state index contributed by atoms with van der Waals surface area (Å²) in [5.74, 6) is -0.219. The topological polar surface area (TPSA) is 53.0 Å². The summed E-state index contributed by atoms with van der Waals surface area (Å²) >= 11 is 0. The number of carbonyl (C=O) groups is 1. The molecule has 0 spiro atoms. The molecule has 0 bridgehead atoms. The quantitative estimate of drug-likeness (QED) is 0.893. The van der Waals surface area contributed by atoms with E-state index in [0.717, 1.165) is 0 Å². The van der Waals surface area contributed by atoms with E-state index in [9.17, 15) is 13.6 Å². The van der Waals surface area contributed by atoms with Crippen LogP contribution in [0.15, 0.2) is 24.3 Å². The molecule has 7 heteroatoms. The first-order valence-corrected chi connectivity index (χ1v) is 7.20. The van der Waals surface area contributed by atoms with Gasteiger partial charge in [-0.1, -0.05) is 6.07 Å². The Morgan fingerprint density at radius 2 is 2.23 bits per heavy atom. The van der Waals surface area contributed by atoms with Crippen molar-refractivity contribution in [3.8, 4) is 5.75 Å². The molecule has 2 rings (SSSR count). The Bertz CT molecular complexity index is 513. The van der Waals surface area contributed by atoms with Crippen LogP contribution in [-0.2, 0) is 0 Å². The Morgan fingerprint density at radius 3 is 2.86 bits per heavy atom. The van der Waals surface area contributed by atoms with Crippen LogP contribution < -0.4 is 4.74 Å². The lowest BCUT2D eigenvalue weighted by molar-refractivity contribution is -0.0499. The smallest absolute Gasteiger partial charge is 0.387 e. The number of piperazine rings is 1. The molecule has 1 saturated heterocycles. The molecule has 122 valence electrons. The number of β-amino-alcohol motifs (C(OH)–C–C–N with tert-alkyl or cyclic N) is 1. The second-order valence-electron chi connectivity index (χ2n) is 5.27. The van der Waals surface area contributed by atoms with Gasteiger partial charge in [0, 0.05) is 37.8 Å². The van der Waals surface area contributed by atoms with Crippen LogP contribution >= 0.6 is 0 Å². The van der Waals surface area contributed by atoms with Gasteiger partial charge >= 0.3 is 6.61 Å². The summed E-state index contributed by atoms with van der Waals surface area (Å²) in [4.78, 5) is 16.3. The van der Waals surface area contributed by atoms with E-state index in [1.807, 2.05) is 6.92 Å². The molecule has 0 saturated carbocycles. The number of benzene rings is 1. The number of alkyl halides is 2. The summed E-state index contributed by atoms with van der Waals surface area (Å²) < 4.78 is 28.8. The molecule has 0 radical (unpaired) electrons. The average Bonchev–Trinajstić information content (AvgIpc) is 2.48. The summed E-state index contributed by atoms with van der Waals surface area (Å²) in [5.41, 5.74) is 0.334.